The molecule has 0 N–H and O–H groups in total. The minimum absolute atomic E-state index is 0.0735. The van der Waals surface area contributed by atoms with Crippen molar-refractivity contribution in [3.63, 3.8) is 0 Å². The Bertz CT molecular complexity index is 680. The number of benzene rings is 1. The number of nitro groups is 1. The molecule has 1 aliphatic rings. The van der Waals surface area contributed by atoms with Crippen LogP contribution < -0.4 is 0 Å². The first-order valence-corrected chi connectivity index (χ1v) is 8.13. The quantitative estimate of drug-likeness (QED) is 0.188. The van der Waals surface area contributed by atoms with Crippen LogP contribution in [0.2, 0.25) is 0 Å². The predicted molar refractivity (Wildman–Crippen MR) is 86.1 cm³/mol. The summed E-state index contributed by atoms with van der Waals surface area (Å²) in [6, 6.07) is 5.50. The Morgan fingerprint density at radius 2 is 2.08 bits per heavy atom. The van der Waals surface area contributed by atoms with Crippen LogP contribution in [0.3, 0.4) is 0 Å². The van der Waals surface area contributed by atoms with E-state index in [2.05, 4.69) is 0 Å². The molecule has 128 valence electrons. The Morgan fingerprint density at radius 3 is 2.58 bits per heavy atom. The van der Waals surface area contributed by atoms with Gasteiger partial charge in [-0.3, -0.25) is 19.7 Å². The summed E-state index contributed by atoms with van der Waals surface area (Å²) in [4.78, 5) is 45.8. The van der Waals surface area contributed by atoms with Crippen LogP contribution in [-0.4, -0.2) is 37.7 Å². The number of non-ortho nitro benzene ring substituents is 1. The van der Waals surface area contributed by atoms with E-state index in [1.165, 1.54) is 31.2 Å². The van der Waals surface area contributed by atoms with E-state index >= 15 is 0 Å². The molecular weight excluding hydrogens is 360 g/mol. The number of thioether (sulfide) groups is 1. The second-order valence-corrected chi connectivity index (χ2v) is 6.70. The highest BCUT2D eigenvalue weighted by Gasteiger charge is 2.44. The zero-order valence-corrected chi connectivity index (χ0v) is 14.1. The lowest BCUT2D eigenvalue weighted by atomic mass is 10.2. The number of halogens is 1. The lowest BCUT2D eigenvalue weighted by Gasteiger charge is -2.40. The number of carbonyl (C=O) groups is 3. The number of nitrogens with zero attached hydrogens (tertiary/aromatic N) is 2. The second kappa shape index (κ2) is 7.63. The zero-order chi connectivity index (χ0) is 17.9. The summed E-state index contributed by atoms with van der Waals surface area (Å²) in [6.07, 6.45) is 0.142. The van der Waals surface area contributed by atoms with Crippen LogP contribution >= 0.6 is 23.4 Å². The average Bonchev–Trinajstić information content (AvgIpc) is 2.51. The summed E-state index contributed by atoms with van der Waals surface area (Å²) in [6.45, 7) is 1.23. The first kappa shape index (κ1) is 18.2. The van der Waals surface area contributed by atoms with Crippen molar-refractivity contribution in [1.82, 2.24) is 4.90 Å². The molecule has 1 heterocycles. The fourth-order valence-corrected chi connectivity index (χ4v) is 3.35. The van der Waals surface area contributed by atoms with Gasteiger partial charge in [0.25, 0.3) is 5.69 Å². The molecule has 1 amide bonds. The molecule has 1 aromatic carbocycles. The Hall–Kier alpha value is -2.13. The van der Waals surface area contributed by atoms with E-state index in [1.54, 1.807) is 0 Å². The van der Waals surface area contributed by atoms with Gasteiger partial charge in [0.15, 0.2) is 5.12 Å². The number of rotatable bonds is 6. The third kappa shape index (κ3) is 4.24. The Balaban J connectivity index is 1.90. The third-order valence-corrected chi connectivity index (χ3v) is 4.60. The highest BCUT2D eigenvalue weighted by molar-refractivity contribution is 8.14. The number of hydrogen-bond acceptors (Lipinski definition) is 7. The van der Waals surface area contributed by atoms with Crippen molar-refractivity contribution in [3.8, 4) is 0 Å². The second-order valence-electron chi connectivity index (χ2n) is 4.94. The number of esters is 1. The van der Waals surface area contributed by atoms with E-state index in [0.29, 0.717) is 5.56 Å². The van der Waals surface area contributed by atoms with Crippen LogP contribution in [0.1, 0.15) is 18.9 Å². The van der Waals surface area contributed by atoms with Gasteiger partial charge in [-0.15, -0.1) is 0 Å². The predicted octanol–water partition coefficient (Wildman–Crippen LogP) is 2.04. The number of alkyl halides is 1. The van der Waals surface area contributed by atoms with E-state index in [-0.39, 0.29) is 29.7 Å². The number of likely N-dealkylation sites (tertiary alicyclic amines) is 1. The molecule has 2 atom stereocenters. The van der Waals surface area contributed by atoms with Crippen LogP contribution in [-0.2, 0) is 25.7 Å². The van der Waals surface area contributed by atoms with Gasteiger partial charge in [-0.05, 0) is 17.7 Å². The smallest absolute Gasteiger partial charge is 0.345 e. The van der Waals surface area contributed by atoms with Gasteiger partial charge in [0.1, 0.15) is 6.61 Å². The van der Waals surface area contributed by atoms with Crippen molar-refractivity contribution in [2.75, 3.05) is 0 Å². The van der Waals surface area contributed by atoms with Crippen molar-refractivity contribution in [1.29, 1.82) is 0 Å². The Kier molecular flexibility index (Phi) is 5.79. The van der Waals surface area contributed by atoms with Gasteiger partial charge in [0, 0.05) is 19.1 Å². The van der Waals surface area contributed by atoms with E-state index in [9.17, 15) is 24.5 Å². The van der Waals surface area contributed by atoms with Crippen molar-refractivity contribution in [2.45, 2.75) is 30.8 Å². The lowest BCUT2D eigenvalue weighted by Crippen LogP contribution is -2.57. The van der Waals surface area contributed by atoms with Gasteiger partial charge in [0.2, 0.25) is 11.4 Å². The van der Waals surface area contributed by atoms with Crippen LogP contribution in [0.25, 0.3) is 0 Å². The summed E-state index contributed by atoms with van der Waals surface area (Å²) >= 11 is 6.88. The number of ether oxygens (including phenoxy) is 1. The van der Waals surface area contributed by atoms with Gasteiger partial charge >= 0.3 is 5.97 Å². The molecule has 0 bridgehead atoms. The topological polar surface area (TPSA) is 107 Å². The molecule has 1 aromatic rings. The highest BCUT2D eigenvalue weighted by Crippen LogP contribution is 2.33. The number of carbonyl (C=O) groups excluding carboxylic acids is 3. The molecular formula is C14H13ClN2O6S. The number of β-lactam (4-membered cyclic amide) rings is 1. The minimum atomic E-state index is -1.32. The largest absolute Gasteiger partial charge is 0.458 e. The van der Waals surface area contributed by atoms with Gasteiger partial charge in [-0.2, -0.15) is 0 Å². The summed E-state index contributed by atoms with van der Waals surface area (Å²) in [5, 5.41) is 9.91. The molecule has 0 aliphatic carbocycles. The lowest BCUT2D eigenvalue weighted by molar-refractivity contribution is -0.384. The monoisotopic (exact) mass is 372 g/mol. The maximum absolute atomic E-state index is 12.0. The molecule has 0 spiro atoms. The van der Waals surface area contributed by atoms with Gasteiger partial charge in [-0.1, -0.05) is 23.4 Å². The van der Waals surface area contributed by atoms with E-state index in [4.69, 9.17) is 16.3 Å². The summed E-state index contributed by atoms with van der Waals surface area (Å²) in [5.74, 6) is -1.15. The van der Waals surface area contributed by atoms with Gasteiger partial charge in [-0.25, -0.2) is 4.79 Å². The molecule has 8 nitrogen and oxygen atoms in total. The maximum atomic E-state index is 12.0. The standard InChI is InChI=1S/C14H13ClN2O6S/c1-8(18)24-12-6-11(19)16(12)13(15)14(20)23-7-9-2-4-10(5-3-9)17(21)22/h2-5,12-13H,6-7H2,1H3/t12-,13?/m0/s1. The van der Waals surface area contributed by atoms with Crippen LogP contribution in [0, 0.1) is 10.1 Å². The van der Waals surface area contributed by atoms with E-state index in [1.807, 2.05) is 0 Å². The van der Waals surface area contributed by atoms with Crippen molar-refractivity contribution < 1.29 is 24.0 Å². The number of amides is 1. The highest BCUT2D eigenvalue weighted by atomic mass is 35.5. The molecule has 24 heavy (non-hydrogen) atoms. The molecule has 0 aromatic heterocycles. The van der Waals surface area contributed by atoms with Crippen LogP contribution in [0.4, 0.5) is 5.69 Å². The average molecular weight is 373 g/mol. The molecule has 1 saturated heterocycles. The van der Waals surface area contributed by atoms with Crippen LogP contribution in [0.15, 0.2) is 24.3 Å². The summed E-state index contributed by atoms with van der Waals surface area (Å²) in [7, 11) is 0. The van der Waals surface area contributed by atoms with Crippen molar-refractivity contribution in [2.24, 2.45) is 0 Å². The SMILES string of the molecule is CC(=O)S[C@H]1CC(=O)N1C(Cl)C(=O)OCc1ccc([N+](=O)[O-])cc1. The number of nitro benzene ring substituents is 1. The molecule has 1 unspecified atom stereocenters. The normalized spacial score (nSPS) is 17.8. The summed E-state index contributed by atoms with van der Waals surface area (Å²) < 4.78 is 5.02. The molecule has 0 radical (unpaired) electrons. The van der Waals surface area contributed by atoms with Crippen molar-refractivity contribution in [3.05, 3.63) is 39.9 Å². The van der Waals surface area contributed by atoms with Crippen LogP contribution in [0.5, 0.6) is 0 Å². The third-order valence-electron chi connectivity index (χ3n) is 3.22. The number of hydrogen-bond donors (Lipinski definition) is 0. The minimum Gasteiger partial charge on any atom is -0.458 e. The van der Waals surface area contributed by atoms with Gasteiger partial charge < -0.3 is 9.64 Å². The zero-order valence-electron chi connectivity index (χ0n) is 12.5. The van der Waals surface area contributed by atoms with E-state index in [0.717, 1.165) is 16.7 Å². The first-order valence-electron chi connectivity index (χ1n) is 6.82. The summed E-state index contributed by atoms with van der Waals surface area (Å²) in [5.41, 5.74) is -0.848. The van der Waals surface area contributed by atoms with Crippen molar-refractivity contribution >= 4 is 46.0 Å². The maximum Gasteiger partial charge on any atom is 0.345 e. The molecule has 1 aliphatic heterocycles. The molecule has 0 saturated carbocycles. The van der Waals surface area contributed by atoms with Gasteiger partial charge in [0.05, 0.1) is 16.7 Å². The fraction of sp³-hybridized carbons (Fsp3) is 0.357. The molecule has 10 heteroatoms. The molecule has 2 rings (SSSR count). The van der Waals surface area contributed by atoms with E-state index < -0.39 is 21.8 Å². The Labute approximate surface area is 146 Å². The fourth-order valence-electron chi connectivity index (χ4n) is 2.01. The Morgan fingerprint density at radius 1 is 1.46 bits per heavy atom. The first-order chi connectivity index (χ1) is 11.3. The molecule has 1 fully saturated rings.